The molecule has 6 heteroatoms. The average Bonchev–Trinajstić information content (AvgIpc) is 2.38. The smallest absolute Gasteiger partial charge is 0.333 e. The Hall–Kier alpha value is -2.18. The molecule has 0 amide bonds. The van der Waals surface area contributed by atoms with Gasteiger partial charge in [0.05, 0.1) is 6.42 Å². The van der Waals surface area contributed by atoms with Gasteiger partial charge in [0.25, 0.3) is 0 Å². The van der Waals surface area contributed by atoms with Gasteiger partial charge in [-0.05, 0) is 18.1 Å². The molecule has 1 aromatic rings. The summed E-state index contributed by atoms with van der Waals surface area (Å²) in [5.41, 5.74) is 7.98. The lowest BCUT2D eigenvalue weighted by molar-refractivity contribution is -0.152. The lowest BCUT2D eigenvalue weighted by atomic mass is 10.1. The largest absolute Gasteiger partial charge is 0.481 e. The second-order valence-corrected chi connectivity index (χ2v) is 4.11. The molecule has 0 aromatic heterocycles. The molecule has 6 nitrogen and oxygen atoms in total. The highest BCUT2D eigenvalue weighted by atomic mass is 16.4. The molecule has 0 saturated heterocycles. The van der Waals surface area contributed by atoms with Crippen LogP contribution in [-0.4, -0.2) is 33.4 Å². The van der Waals surface area contributed by atoms with Gasteiger partial charge in [0.2, 0.25) is 0 Å². The number of aliphatic hydroxyl groups excluding tert-OH is 1. The van der Waals surface area contributed by atoms with Crippen molar-refractivity contribution in [2.75, 3.05) is 0 Å². The second kappa shape index (κ2) is 8.84. The minimum absolute atomic E-state index is 0.119. The molecule has 5 N–H and O–H groups in total. The molecule has 0 radical (unpaired) electrons. The molecule has 0 fully saturated rings. The zero-order chi connectivity index (χ0) is 15.7. The lowest BCUT2D eigenvalue weighted by Crippen LogP contribution is -2.22. The van der Waals surface area contributed by atoms with Gasteiger partial charge in [-0.2, -0.15) is 0 Å². The first-order valence-electron chi connectivity index (χ1n) is 5.88. The van der Waals surface area contributed by atoms with Gasteiger partial charge < -0.3 is 21.1 Å². The van der Waals surface area contributed by atoms with E-state index in [4.69, 9.17) is 21.1 Å². The van der Waals surface area contributed by atoms with Crippen molar-refractivity contribution < 1.29 is 24.9 Å². The van der Waals surface area contributed by atoms with Crippen molar-refractivity contribution in [1.82, 2.24) is 0 Å². The molecule has 2 atom stereocenters. The molecule has 110 valence electrons. The number of carbonyl (C=O) groups is 2. The zero-order valence-corrected chi connectivity index (χ0v) is 11.2. The number of aliphatic hydroxyl groups is 1. The number of carboxylic acids is 2. The zero-order valence-electron chi connectivity index (χ0n) is 11.2. The first-order valence-corrected chi connectivity index (χ1v) is 5.88. The van der Waals surface area contributed by atoms with E-state index in [9.17, 15) is 9.59 Å². The molecule has 0 heterocycles. The fourth-order valence-corrected chi connectivity index (χ4v) is 1.19. The summed E-state index contributed by atoms with van der Waals surface area (Å²) in [4.78, 5) is 19.4. The van der Waals surface area contributed by atoms with Crippen LogP contribution in [0.1, 0.15) is 30.5 Å². The maximum Gasteiger partial charge on any atom is 0.333 e. The number of benzene rings is 1. The highest BCUT2D eigenvalue weighted by Gasteiger charge is 2.16. The van der Waals surface area contributed by atoms with Gasteiger partial charge in [-0.15, -0.1) is 0 Å². The first kappa shape index (κ1) is 17.8. The quantitative estimate of drug-likeness (QED) is 0.644. The van der Waals surface area contributed by atoms with Crippen molar-refractivity contribution in [3.8, 4) is 0 Å². The van der Waals surface area contributed by atoms with Gasteiger partial charge in [0.1, 0.15) is 0 Å². The van der Waals surface area contributed by atoms with Crippen molar-refractivity contribution in [3.63, 3.8) is 0 Å². The molecule has 0 aliphatic rings. The van der Waals surface area contributed by atoms with Crippen LogP contribution in [0, 0.1) is 0 Å². The third-order valence-corrected chi connectivity index (χ3v) is 2.35. The Balaban J connectivity index is 0.000000370. The second-order valence-electron chi connectivity index (χ2n) is 4.11. The fraction of sp³-hybridized carbons (Fsp3) is 0.286. The number of hydrogen-bond donors (Lipinski definition) is 4. The van der Waals surface area contributed by atoms with Crippen LogP contribution in [0.15, 0.2) is 30.8 Å². The van der Waals surface area contributed by atoms with Crippen molar-refractivity contribution in [2.45, 2.75) is 25.5 Å². The number of hydrogen-bond acceptors (Lipinski definition) is 4. The van der Waals surface area contributed by atoms with Gasteiger partial charge in [-0.25, -0.2) is 4.79 Å². The summed E-state index contributed by atoms with van der Waals surface area (Å²) < 4.78 is 0. The third kappa shape index (κ3) is 7.30. The van der Waals surface area contributed by atoms with Crippen LogP contribution in [0.5, 0.6) is 0 Å². The Morgan fingerprint density at radius 1 is 1.30 bits per heavy atom. The van der Waals surface area contributed by atoms with Gasteiger partial charge in [0.15, 0.2) is 6.10 Å². The third-order valence-electron chi connectivity index (χ3n) is 2.35. The van der Waals surface area contributed by atoms with Crippen molar-refractivity contribution in [3.05, 3.63) is 42.0 Å². The summed E-state index contributed by atoms with van der Waals surface area (Å²) in [7, 11) is 0. The van der Waals surface area contributed by atoms with Crippen molar-refractivity contribution in [2.24, 2.45) is 5.73 Å². The summed E-state index contributed by atoms with van der Waals surface area (Å²) >= 11 is 0. The molecule has 20 heavy (non-hydrogen) atoms. The fourth-order valence-electron chi connectivity index (χ4n) is 1.19. The number of aliphatic carboxylic acids is 2. The number of nitrogens with two attached hydrogens (primary N) is 1. The van der Waals surface area contributed by atoms with E-state index < -0.39 is 24.5 Å². The van der Waals surface area contributed by atoms with E-state index in [0.29, 0.717) is 0 Å². The molecule has 0 aliphatic heterocycles. The van der Waals surface area contributed by atoms with Crippen LogP contribution in [0.3, 0.4) is 0 Å². The van der Waals surface area contributed by atoms with E-state index in [2.05, 4.69) is 6.58 Å². The molecule has 0 saturated carbocycles. The Kier molecular flexibility index (Phi) is 7.88. The van der Waals surface area contributed by atoms with E-state index in [1.54, 1.807) is 0 Å². The molecule has 0 aliphatic carbocycles. The molecular weight excluding hydrogens is 262 g/mol. The summed E-state index contributed by atoms with van der Waals surface area (Å²) in [5.74, 6) is -2.85. The van der Waals surface area contributed by atoms with E-state index in [1.807, 2.05) is 37.3 Å². The van der Waals surface area contributed by atoms with Crippen LogP contribution in [0.2, 0.25) is 0 Å². The van der Waals surface area contributed by atoms with Crippen LogP contribution < -0.4 is 5.73 Å². The van der Waals surface area contributed by atoms with Crippen molar-refractivity contribution in [1.29, 1.82) is 0 Å². The van der Waals surface area contributed by atoms with Crippen LogP contribution >= 0.6 is 0 Å². The maximum atomic E-state index is 9.72. The first-order chi connectivity index (χ1) is 9.27. The van der Waals surface area contributed by atoms with E-state index >= 15 is 0 Å². The number of rotatable bonds is 5. The van der Waals surface area contributed by atoms with Gasteiger partial charge >= 0.3 is 11.9 Å². The molecule has 0 spiro atoms. The Morgan fingerprint density at radius 3 is 2.05 bits per heavy atom. The van der Waals surface area contributed by atoms with Crippen LogP contribution in [0.25, 0.3) is 6.08 Å². The van der Waals surface area contributed by atoms with E-state index in [0.717, 1.165) is 11.1 Å². The van der Waals surface area contributed by atoms with Crippen LogP contribution in [0.4, 0.5) is 0 Å². The van der Waals surface area contributed by atoms with Crippen molar-refractivity contribution >= 4 is 18.0 Å². The SMILES string of the molecule is C=Cc1ccc(C(C)N)cc1.O=C(O)C[C@@H](O)C(=O)O. The maximum absolute atomic E-state index is 9.72. The molecule has 0 bridgehead atoms. The molecular formula is C14H19NO5. The van der Waals surface area contributed by atoms with E-state index in [1.165, 1.54) is 0 Å². The summed E-state index contributed by atoms with van der Waals surface area (Å²) in [5, 5.41) is 24.1. The van der Waals surface area contributed by atoms with E-state index in [-0.39, 0.29) is 6.04 Å². The summed E-state index contributed by atoms with van der Waals surface area (Å²) in [6.07, 6.45) is -0.720. The number of carboxylic acid groups (broad SMARTS) is 2. The minimum atomic E-state index is -1.79. The predicted molar refractivity (Wildman–Crippen MR) is 75.0 cm³/mol. The topological polar surface area (TPSA) is 121 Å². The predicted octanol–water partition coefficient (Wildman–Crippen LogP) is 1.26. The monoisotopic (exact) mass is 281 g/mol. The summed E-state index contributed by atoms with van der Waals surface area (Å²) in [6.45, 7) is 5.65. The Bertz CT molecular complexity index is 453. The highest BCUT2D eigenvalue weighted by Crippen LogP contribution is 2.10. The minimum Gasteiger partial charge on any atom is -0.481 e. The standard InChI is InChI=1S/C10H13N.C4H6O5/c1-3-9-4-6-10(7-5-9)8(2)11;5-2(4(8)9)1-3(6)7/h3-8H,1,11H2,2H3;2,5H,1H2,(H,6,7)(H,8,9)/t;2-/m.1/s1. The highest BCUT2D eigenvalue weighted by molar-refractivity contribution is 5.79. The Morgan fingerprint density at radius 2 is 1.80 bits per heavy atom. The molecule has 1 unspecified atom stereocenters. The van der Waals surface area contributed by atoms with Gasteiger partial charge in [0, 0.05) is 6.04 Å². The normalized spacial score (nSPS) is 12.6. The van der Waals surface area contributed by atoms with Gasteiger partial charge in [-0.3, -0.25) is 4.79 Å². The van der Waals surface area contributed by atoms with Gasteiger partial charge in [-0.1, -0.05) is 36.9 Å². The summed E-state index contributed by atoms with van der Waals surface area (Å²) in [6, 6.07) is 8.22. The van der Waals surface area contributed by atoms with Crippen LogP contribution in [-0.2, 0) is 9.59 Å². The lowest BCUT2D eigenvalue weighted by Gasteiger charge is -2.04. The average molecular weight is 281 g/mol. The molecule has 1 rings (SSSR count). The molecule has 1 aromatic carbocycles. The Labute approximate surface area is 117 Å².